The number of benzene rings is 8. The highest BCUT2D eigenvalue weighted by molar-refractivity contribution is 7.18. The number of fused-ring (bicyclic) bond motifs is 7. The van der Waals surface area contributed by atoms with Crippen molar-refractivity contribution >= 4 is 76.6 Å². The molecule has 0 amide bonds. The molecule has 2 nitrogen and oxygen atoms in total. The Balaban J connectivity index is 1.23. The van der Waals surface area contributed by atoms with Crippen molar-refractivity contribution in [1.82, 2.24) is 9.97 Å². The standard InChI is InChI=1S/C58H38N2S/c1-3-14-38(15-4-1)53-54(39-16-5-2-6-17-39)58(51-36-43-18-7-8-20-44(43)46-21-10-12-24-49(46)51)61-57(53)42-29-25-37(26-30-42)45-32-33-50(48-23-11-9-22-47(45)48)52-34-31-41-28-27-40-19-13-35-59-55(40)56(41)60-52/h1-25,27-29,31-36H,26,30H2/i1D,2D,3D,4D,5D,6D,7D,8D,10D,12D,13D,14D,15D,16D,17D,18D,19D,20D,21D,24D,25D,26D,27D,28D,29D,30D,31D,34D,35D,36D. The predicted octanol–water partition coefficient (Wildman–Crippen LogP) is 16.2. The molecular formula is C58H38N2S. The molecule has 3 aromatic heterocycles. The van der Waals surface area contributed by atoms with Gasteiger partial charge in [-0.1, -0.05) is 181 Å². The second-order valence-electron chi connectivity index (χ2n) is 13.5. The van der Waals surface area contributed by atoms with E-state index in [0.29, 0.717) is 11.3 Å². The highest BCUT2D eigenvalue weighted by atomic mass is 32.1. The molecule has 3 heteroatoms. The third kappa shape index (κ3) is 6.00. The van der Waals surface area contributed by atoms with Gasteiger partial charge in [-0.25, -0.2) is 4.98 Å². The van der Waals surface area contributed by atoms with Gasteiger partial charge in [-0.05, 0) is 91.1 Å². The minimum absolute atomic E-state index is 0.0709. The topological polar surface area (TPSA) is 25.8 Å². The summed E-state index contributed by atoms with van der Waals surface area (Å²) in [6.45, 7) is 0. The van der Waals surface area contributed by atoms with Crippen molar-refractivity contribution in [1.29, 1.82) is 0 Å². The quantitative estimate of drug-likeness (QED) is 0.156. The smallest absolute Gasteiger partial charge is 0.0972 e. The summed E-state index contributed by atoms with van der Waals surface area (Å²) >= 11 is 0.379. The Hall–Kier alpha value is -7.46. The molecule has 0 aliphatic heterocycles. The van der Waals surface area contributed by atoms with Crippen LogP contribution in [0.15, 0.2) is 206 Å². The number of pyridine rings is 2. The van der Waals surface area contributed by atoms with Crippen LogP contribution in [0.5, 0.6) is 0 Å². The zero-order valence-corrected chi connectivity index (χ0v) is 31.7. The second kappa shape index (κ2) is 14.7. The molecule has 1 aliphatic carbocycles. The third-order valence-electron chi connectivity index (χ3n) is 10.2. The first-order valence-electron chi connectivity index (χ1n) is 33.6. The molecule has 0 spiro atoms. The minimum Gasteiger partial charge on any atom is -0.254 e. The van der Waals surface area contributed by atoms with Gasteiger partial charge in [0.15, 0.2) is 0 Å². The van der Waals surface area contributed by atoms with E-state index in [4.69, 9.17) is 29.7 Å². The molecule has 2 atom stereocenters. The van der Waals surface area contributed by atoms with Gasteiger partial charge in [-0.2, -0.15) is 0 Å². The van der Waals surface area contributed by atoms with Gasteiger partial charge in [-0.3, -0.25) is 4.98 Å². The van der Waals surface area contributed by atoms with E-state index >= 15 is 0 Å². The monoisotopic (exact) mass is 824 g/mol. The molecule has 0 radical (unpaired) electrons. The number of hydrogen-bond donors (Lipinski definition) is 0. The van der Waals surface area contributed by atoms with E-state index in [2.05, 4.69) is 4.98 Å². The predicted molar refractivity (Wildman–Crippen MR) is 261 cm³/mol. The average Bonchev–Trinajstić information content (AvgIpc) is 1.70. The van der Waals surface area contributed by atoms with Gasteiger partial charge in [0, 0.05) is 51.7 Å². The van der Waals surface area contributed by atoms with Crippen LogP contribution in [0.3, 0.4) is 0 Å². The highest BCUT2D eigenvalue weighted by Gasteiger charge is 2.26. The summed E-state index contributed by atoms with van der Waals surface area (Å²) in [4.78, 5) is 7.75. The van der Waals surface area contributed by atoms with Gasteiger partial charge in [0.25, 0.3) is 0 Å². The summed E-state index contributed by atoms with van der Waals surface area (Å²) in [5.41, 5.74) is -4.90. The number of aromatic nitrogens is 2. The van der Waals surface area contributed by atoms with Crippen LogP contribution < -0.4 is 0 Å². The number of hydrogen-bond acceptors (Lipinski definition) is 3. The van der Waals surface area contributed by atoms with E-state index in [-0.39, 0.29) is 55.0 Å². The minimum atomic E-state index is -2.08. The lowest BCUT2D eigenvalue weighted by molar-refractivity contribution is 1.08. The summed E-state index contributed by atoms with van der Waals surface area (Å²) in [6.07, 6.45) is -4.67. The van der Waals surface area contributed by atoms with Crippen molar-refractivity contribution in [2.24, 2.45) is 0 Å². The van der Waals surface area contributed by atoms with E-state index < -0.39 is 247 Å². The Morgan fingerprint density at radius 2 is 1.05 bits per heavy atom. The van der Waals surface area contributed by atoms with Crippen molar-refractivity contribution in [3.8, 4) is 44.0 Å². The lowest BCUT2D eigenvalue weighted by Gasteiger charge is -2.19. The zero-order chi connectivity index (χ0) is 66.4. The largest absolute Gasteiger partial charge is 0.254 e. The number of nitrogens with zero attached hydrogens (tertiary/aromatic N) is 2. The maximum atomic E-state index is 10.1. The average molecular weight is 825 g/mol. The fourth-order valence-corrected chi connectivity index (χ4v) is 8.82. The van der Waals surface area contributed by atoms with Gasteiger partial charge < -0.3 is 0 Å². The van der Waals surface area contributed by atoms with E-state index in [1.54, 1.807) is 24.3 Å². The van der Waals surface area contributed by atoms with Crippen LogP contribution in [0.25, 0.3) is 109 Å². The fourth-order valence-electron chi connectivity index (χ4n) is 7.52. The van der Waals surface area contributed by atoms with E-state index in [1.165, 1.54) is 12.1 Å². The van der Waals surface area contributed by atoms with Crippen molar-refractivity contribution < 1.29 is 41.1 Å². The molecule has 286 valence electrons. The molecule has 8 aromatic carbocycles. The summed E-state index contributed by atoms with van der Waals surface area (Å²) in [7, 11) is 0. The van der Waals surface area contributed by atoms with Gasteiger partial charge in [0.2, 0.25) is 0 Å². The molecular weight excluding hydrogens is 757 g/mol. The van der Waals surface area contributed by atoms with Crippen molar-refractivity contribution in [3.05, 3.63) is 216 Å². The van der Waals surface area contributed by atoms with Crippen molar-refractivity contribution in [2.75, 3.05) is 0 Å². The molecule has 0 bridgehead atoms. The fraction of sp³-hybridized carbons (Fsp3) is 0.0345. The molecule has 0 fully saturated rings. The van der Waals surface area contributed by atoms with Crippen LogP contribution in [-0.4, -0.2) is 9.97 Å². The van der Waals surface area contributed by atoms with E-state index in [1.807, 2.05) is 0 Å². The Morgan fingerprint density at radius 1 is 0.459 bits per heavy atom. The maximum Gasteiger partial charge on any atom is 0.0972 e. The van der Waals surface area contributed by atoms with E-state index in [0.717, 1.165) is 0 Å². The van der Waals surface area contributed by atoms with Gasteiger partial charge >= 0.3 is 0 Å². The lowest BCUT2D eigenvalue weighted by atomic mass is 9.85. The third-order valence-corrected chi connectivity index (χ3v) is 11.4. The first kappa shape index (κ1) is 16.5. The molecule has 12 rings (SSSR count). The molecule has 0 saturated carbocycles. The summed E-state index contributed by atoms with van der Waals surface area (Å²) < 4.78 is 273. The molecule has 0 saturated heterocycles. The molecule has 2 unspecified atom stereocenters. The molecule has 3 heterocycles. The second-order valence-corrected chi connectivity index (χ2v) is 14.5. The van der Waals surface area contributed by atoms with Crippen LogP contribution in [0.4, 0.5) is 0 Å². The zero-order valence-electron chi connectivity index (χ0n) is 60.9. The Bertz CT molecular complexity index is 5270. The maximum absolute atomic E-state index is 10.1. The van der Waals surface area contributed by atoms with Crippen LogP contribution in [0.1, 0.15) is 64.4 Å². The van der Waals surface area contributed by atoms with Crippen LogP contribution in [-0.2, 0) is 0 Å². The van der Waals surface area contributed by atoms with Crippen molar-refractivity contribution in [2.45, 2.75) is 12.8 Å². The molecule has 0 N–H and O–H groups in total. The Labute approximate surface area is 400 Å². The van der Waals surface area contributed by atoms with Crippen LogP contribution >= 0.6 is 11.3 Å². The number of rotatable bonds is 6. The van der Waals surface area contributed by atoms with Gasteiger partial charge in [0.05, 0.1) is 55.1 Å². The Morgan fingerprint density at radius 3 is 1.84 bits per heavy atom. The molecule has 1 aliphatic rings. The first-order chi connectivity index (χ1) is 42.7. The lowest BCUT2D eigenvalue weighted by Crippen LogP contribution is -1.96. The van der Waals surface area contributed by atoms with Crippen LogP contribution in [0.2, 0.25) is 0 Å². The van der Waals surface area contributed by atoms with Crippen LogP contribution in [0, 0.1) is 0 Å². The first-order valence-corrected chi connectivity index (χ1v) is 19.3. The Kier molecular flexibility index (Phi) is 3.98. The summed E-state index contributed by atoms with van der Waals surface area (Å²) in [5.74, 6) is 0. The van der Waals surface area contributed by atoms with E-state index in [9.17, 15) is 16.4 Å². The van der Waals surface area contributed by atoms with Crippen molar-refractivity contribution in [3.63, 3.8) is 0 Å². The molecule has 11 aromatic rings. The summed E-state index contributed by atoms with van der Waals surface area (Å²) in [6, 6.07) is -13.7. The SMILES string of the molecule is [2H]C1=C(c2sc(-c3c([2H])c4c([2H])c([2H])c([2H])c([2H])c4c4c([2H])c([2H])c([2H])c([2H])c34)c(-c3c([2H])c([2H])c([2H])c([2H])c3[2H])c2-c2c([2H])c([2H])c([2H])c([2H])c2[2H])C([2H])C([2H])C(c2ccc(-c3nc4c(c([2H])c3[2H])c([2H])c([2H])c3c([2H])c([2H])c([2H])nc34)c3ccccc23)=C1[2H]. The summed E-state index contributed by atoms with van der Waals surface area (Å²) in [5, 5.41) is -2.45. The number of allylic oxidation sites excluding steroid dienone is 4. The normalized spacial score (nSPS) is 22.6. The number of thiophene rings is 1. The van der Waals surface area contributed by atoms with Gasteiger partial charge in [-0.15, -0.1) is 11.3 Å². The molecule has 61 heavy (non-hydrogen) atoms. The van der Waals surface area contributed by atoms with Gasteiger partial charge in [0.1, 0.15) is 0 Å². The highest BCUT2D eigenvalue weighted by Crippen LogP contribution is 2.53.